The molecule has 0 saturated carbocycles. The minimum absolute atomic E-state index is 0.178. The van der Waals surface area contributed by atoms with Crippen molar-refractivity contribution in [1.29, 1.82) is 0 Å². The molecular weight excluding hydrogens is 367 g/mol. The summed E-state index contributed by atoms with van der Waals surface area (Å²) in [6.45, 7) is 0.178. The molecule has 128 valence electrons. The summed E-state index contributed by atoms with van der Waals surface area (Å²) in [5, 5.41) is 7.76. The smallest absolute Gasteiger partial charge is 0.268 e. The minimum atomic E-state index is -0.729. The van der Waals surface area contributed by atoms with E-state index in [1.165, 1.54) is 0 Å². The average Bonchev–Trinajstić information content (AvgIpc) is 3.23. The molecule has 0 spiro atoms. The largest absolute Gasteiger partial charge is 0.454 e. The van der Waals surface area contributed by atoms with Crippen molar-refractivity contribution in [3.05, 3.63) is 52.0 Å². The molecule has 0 saturated heterocycles. The second-order valence-corrected chi connectivity index (χ2v) is 6.36. The maximum absolute atomic E-state index is 12.4. The summed E-state index contributed by atoms with van der Waals surface area (Å²) in [7, 11) is 0. The highest BCUT2D eigenvalue weighted by Crippen LogP contribution is 2.34. The van der Waals surface area contributed by atoms with Crippen molar-refractivity contribution in [2.75, 3.05) is 12.1 Å². The summed E-state index contributed by atoms with van der Waals surface area (Å²) in [6.07, 6.45) is -0.412. The molecule has 6 nitrogen and oxygen atoms in total. The van der Waals surface area contributed by atoms with Crippen LogP contribution in [0.5, 0.6) is 11.5 Å². The molecular formula is C17H12Cl2N2O4. The number of fused-ring (bicyclic) bond motifs is 1. The Balaban J connectivity index is 1.43. The highest BCUT2D eigenvalue weighted by molar-refractivity contribution is 6.37. The van der Waals surface area contributed by atoms with Crippen LogP contribution in [0, 0.1) is 0 Å². The molecule has 1 N–H and O–H groups in total. The second-order valence-electron chi connectivity index (χ2n) is 5.52. The molecule has 2 aliphatic heterocycles. The van der Waals surface area contributed by atoms with Crippen molar-refractivity contribution < 1.29 is 19.1 Å². The van der Waals surface area contributed by atoms with Gasteiger partial charge in [0, 0.05) is 28.8 Å². The van der Waals surface area contributed by atoms with Crippen molar-refractivity contribution in [3.63, 3.8) is 0 Å². The zero-order valence-corrected chi connectivity index (χ0v) is 14.3. The molecule has 8 heteroatoms. The van der Waals surface area contributed by atoms with E-state index in [0.717, 1.165) is 0 Å². The molecule has 4 rings (SSSR count). The maximum Gasteiger partial charge on any atom is 0.268 e. The zero-order chi connectivity index (χ0) is 17.4. The number of ether oxygens (including phenoxy) is 2. The molecule has 25 heavy (non-hydrogen) atoms. The number of amides is 1. The first kappa shape index (κ1) is 16.1. The van der Waals surface area contributed by atoms with E-state index < -0.39 is 6.10 Å². The molecule has 1 atom stereocenters. The van der Waals surface area contributed by atoms with Crippen LogP contribution in [0.15, 0.2) is 41.6 Å². The van der Waals surface area contributed by atoms with Gasteiger partial charge >= 0.3 is 0 Å². The van der Waals surface area contributed by atoms with Crippen LogP contribution >= 0.6 is 23.2 Å². The summed E-state index contributed by atoms with van der Waals surface area (Å²) in [5.41, 5.74) is 1.90. The number of nitrogens with one attached hydrogen (secondary N) is 1. The molecule has 2 aromatic carbocycles. The molecule has 2 aromatic rings. The number of halogens is 2. The summed E-state index contributed by atoms with van der Waals surface area (Å²) in [4.78, 5) is 17.7. The van der Waals surface area contributed by atoms with Gasteiger partial charge in [0.25, 0.3) is 5.91 Å². The standard InChI is InChI=1S/C17H12Cl2N2O4/c18-9-1-3-11(12(19)5-9)13-7-16(25-21-13)17(22)20-10-2-4-14-15(6-10)24-8-23-14/h1-6,16H,7-8H2,(H,20,22)/t16-/m0/s1. The molecule has 0 bridgehead atoms. The van der Waals surface area contributed by atoms with E-state index in [4.69, 9.17) is 37.5 Å². The van der Waals surface area contributed by atoms with Crippen LogP contribution in [0.25, 0.3) is 0 Å². The van der Waals surface area contributed by atoms with E-state index >= 15 is 0 Å². The van der Waals surface area contributed by atoms with Crippen LogP contribution in [-0.4, -0.2) is 24.5 Å². The van der Waals surface area contributed by atoms with Gasteiger partial charge in [-0.2, -0.15) is 0 Å². The topological polar surface area (TPSA) is 69.2 Å². The molecule has 0 unspecified atom stereocenters. The van der Waals surface area contributed by atoms with Gasteiger partial charge in [-0.1, -0.05) is 34.4 Å². The highest BCUT2D eigenvalue weighted by Gasteiger charge is 2.30. The first-order chi connectivity index (χ1) is 12.1. The van der Waals surface area contributed by atoms with Gasteiger partial charge in [-0.05, 0) is 24.3 Å². The van der Waals surface area contributed by atoms with Crippen molar-refractivity contribution in [1.82, 2.24) is 0 Å². The molecule has 0 fully saturated rings. The van der Waals surface area contributed by atoms with Crippen LogP contribution in [0.3, 0.4) is 0 Å². The Morgan fingerprint density at radius 2 is 1.96 bits per heavy atom. The average molecular weight is 379 g/mol. The summed E-state index contributed by atoms with van der Waals surface area (Å²) < 4.78 is 10.5. The predicted octanol–water partition coefficient (Wildman–Crippen LogP) is 3.85. The number of benzene rings is 2. The lowest BCUT2D eigenvalue weighted by molar-refractivity contribution is -0.125. The number of carbonyl (C=O) groups is 1. The van der Waals surface area contributed by atoms with E-state index in [-0.39, 0.29) is 12.7 Å². The predicted molar refractivity (Wildman–Crippen MR) is 93.7 cm³/mol. The Hall–Kier alpha value is -2.44. The van der Waals surface area contributed by atoms with Crippen LogP contribution in [0.1, 0.15) is 12.0 Å². The fraction of sp³-hybridized carbons (Fsp3) is 0.176. The summed E-state index contributed by atoms with van der Waals surface area (Å²) >= 11 is 12.1. The number of rotatable bonds is 3. The molecule has 2 aliphatic rings. The normalized spacial score (nSPS) is 17.8. The van der Waals surface area contributed by atoms with Crippen molar-refractivity contribution in [2.24, 2.45) is 5.16 Å². The van der Waals surface area contributed by atoms with Crippen LogP contribution < -0.4 is 14.8 Å². The Morgan fingerprint density at radius 3 is 2.80 bits per heavy atom. The van der Waals surface area contributed by atoms with Crippen LogP contribution in [0.4, 0.5) is 5.69 Å². The summed E-state index contributed by atoms with van der Waals surface area (Å²) in [6, 6.07) is 10.3. The van der Waals surface area contributed by atoms with Gasteiger partial charge in [0.05, 0.1) is 10.7 Å². The lowest BCUT2D eigenvalue weighted by Gasteiger charge is -2.10. The Labute approximate surface area is 153 Å². The second kappa shape index (κ2) is 6.46. The van der Waals surface area contributed by atoms with E-state index in [1.54, 1.807) is 36.4 Å². The van der Waals surface area contributed by atoms with Crippen molar-refractivity contribution in [3.8, 4) is 11.5 Å². The van der Waals surface area contributed by atoms with Crippen molar-refractivity contribution in [2.45, 2.75) is 12.5 Å². The van der Waals surface area contributed by atoms with Gasteiger partial charge in [-0.3, -0.25) is 4.79 Å². The van der Waals surface area contributed by atoms with Gasteiger partial charge < -0.3 is 19.6 Å². The minimum Gasteiger partial charge on any atom is -0.454 e. The number of nitrogens with zero attached hydrogens (tertiary/aromatic N) is 1. The Morgan fingerprint density at radius 1 is 1.12 bits per heavy atom. The molecule has 1 amide bonds. The molecule has 0 radical (unpaired) electrons. The van der Waals surface area contributed by atoms with E-state index in [2.05, 4.69) is 10.5 Å². The van der Waals surface area contributed by atoms with Crippen LogP contribution in [-0.2, 0) is 9.63 Å². The van der Waals surface area contributed by atoms with Gasteiger partial charge in [-0.25, -0.2) is 0 Å². The van der Waals surface area contributed by atoms with E-state index in [0.29, 0.717) is 44.9 Å². The number of oxime groups is 1. The highest BCUT2D eigenvalue weighted by atomic mass is 35.5. The van der Waals surface area contributed by atoms with E-state index in [9.17, 15) is 4.79 Å². The molecule has 0 aliphatic carbocycles. The molecule has 2 heterocycles. The number of hydrogen-bond donors (Lipinski definition) is 1. The third-order valence-electron chi connectivity index (χ3n) is 3.84. The number of hydrogen-bond acceptors (Lipinski definition) is 5. The monoisotopic (exact) mass is 378 g/mol. The van der Waals surface area contributed by atoms with Gasteiger partial charge in [0.1, 0.15) is 0 Å². The lowest BCUT2D eigenvalue weighted by Crippen LogP contribution is -2.28. The van der Waals surface area contributed by atoms with Gasteiger partial charge in [0.2, 0.25) is 12.9 Å². The number of carbonyl (C=O) groups excluding carboxylic acids is 1. The third-order valence-corrected chi connectivity index (χ3v) is 4.39. The van der Waals surface area contributed by atoms with Crippen LogP contribution in [0.2, 0.25) is 10.0 Å². The SMILES string of the molecule is O=C(Nc1ccc2c(c1)OCO2)[C@@H]1CC(c2ccc(Cl)cc2Cl)=NO1. The fourth-order valence-electron chi connectivity index (χ4n) is 2.60. The molecule has 0 aromatic heterocycles. The lowest BCUT2D eigenvalue weighted by atomic mass is 10.0. The Kier molecular flexibility index (Phi) is 4.15. The first-order valence-electron chi connectivity index (χ1n) is 7.49. The van der Waals surface area contributed by atoms with Gasteiger partial charge in [-0.15, -0.1) is 0 Å². The van der Waals surface area contributed by atoms with Crippen molar-refractivity contribution >= 4 is 40.5 Å². The van der Waals surface area contributed by atoms with E-state index in [1.807, 2.05) is 0 Å². The third kappa shape index (κ3) is 3.23. The quantitative estimate of drug-likeness (QED) is 0.880. The zero-order valence-electron chi connectivity index (χ0n) is 12.8. The summed E-state index contributed by atoms with van der Waals surface area (Å²) in [5.74, 6) is 0.941. The maximum atomic E-state index is 12.4. The Bertz CT molecular complexity index is 885. The fourth-order valence-corrected chi connectivity index (χ4v) is 3.12. The van der Waals surface area contributed by atoms with Gasteiger partial charge in [0.15, 0.2) is 11.5 Å². The first-order valence-corrected chi connectivity index (χ1v) is 8.24. The number of anilines is 1.